The summed E-state index contributed by atoms with van der Waals surface area (Å²) in [5.41, 5.74) is 3.52. The first-order valence-electron chi connectivity index (χ1n) is 16.2. The molecule has 3 heterocycles. The lowest BCUT2D eigenvalue weighted by Crippen LogP contribution is -2.34. The van der Waals surface area contributed by atoms with Crippen LogP contribution in [-0.2, 0) is 16.0 Å². The topological polar surface area (TPSA) is 127 Å². The Bertz CT molecular complexity index is 1470. The molecule has 1 aliphatic carbocycles. The number of aliphatic hydroxyl groups excluding tert-OH is 2. The number of hydrogen-bond acceptors (Lipinski definition) is 9. The molecule has 4 atom stereocenters. The molecule has 2 aromatic heterocycles. The van der Waals surface area contributed by atoms with Crippen LogP contribution in [0.1, 0.15) is 68.6 Å². The fourth-order valence-electron chi connectivity index (χ4n) is 6.83. The Morgan fingerprint density at radius 1 is 0.933 bits per heavy atom. The first kappa shape index (κ1) is 31.6. The van der Waals surface area contributed by atoms with Crippen LogP contribution in [0.5, 0.6) is 0 Å². The molecule has 0 spiro atoms. The maximum absolute atomic E-state index is 10.9. The van der Waals surface area contributed by atoms with Gasteiger partial charge >= 0.3 is 0 Å². The summed E-state index contributed by atoms with van der Waals surface area (Å²) < 4.78 is 13.0. The Morgan fingerprint density at radius 3 is 2.22 bits per heavy atom. The second kappa shape index (κ2) is 14.3. The Hall–Kier alpha value is -3.41. The predicted molar refractivity (Wildman–Crippen MR) is 174 cm³/mol. The molecule has 0 radical (unpaired) electrons. The summed E-state index contributed by atoms with van der Waals surface area (Å²) in [5, 5.41) is 28.9. The average Bonchev–Trinajstić information content (AvgIpc) is 3.61. The van der Waals surface area contributed by atoms with Crippen molar-refractivity contribution in [1.82, 2.24) is 24.8 Å². The number of imidazole rings is 1. The van der Waals surface area contributed by atoms with Crippen LogP contribution in [0.3, 0.4) is 0 Å². The van der Waals surface area contributed by atoms with Gasteiger partial charge in [-0.25, -0.2) is 15.0 Å². The van der Waals surface area contributed by atoms with Crippen molar-refractivity contribution in [3.8, 4) is 0 Å². The van der Waals surface area contributed by atoms with Gasteiger partial charge in [0.25, 0.3) is 0 Å². The van der Waals surface area contributed by atoms with Gasteiger partial charge in [-0.3, -0.25) is 4.57 Å². The molecule has 4 N–H and O–H groups in total. The monoisotopic (exact) mass is 614 g/mol. The quantitative estimate of drug-likeness (QED) is 0.181. The highest BCUT2D eigenvalue weighted by atomic mass is 16.6. The predicted octanol–water partition coefficient (Wildman–Crippen LogP) is 4.64. The van der Waals surface area contributed by atoms with Gasteiger partial charge in [0.1, 0.15) is 24.1 Å². The first-order chi connectivity index (χ1) is 21.9. The number of nitrogens with one attached hydrogen (secondary N) is 2. The first-order valence-corrected chi connectivity index (χ1v) is 16.2. The second-order valence-electron chi connectivity index (χ2n) is 12.8. The van der Waals surface area contributed by atoms with Crippen LogP contribution < -0.4 is 10.6 Å². The number of anilines is 1. The third-order valence-electron chi connectivity index (χ3n) is 9.55. The maximum atomic E-state index is 10.9. The van der Waals surface area contributed by atoms with E-state index in [0.717, 1.165) is 24.7 Å². The fourth-order valence-corrected chi connectivity index (χ4v) is 6.83. The minimum atomic E-state index is -1.16. The summed E-state index contributed by atoms with van der Waals surface area (Å²) >= 11 is 0. The molecule has 0 unspecified atom stereocenters. The van der Waals surface area contributed by atoms with E-state index < -0.39 is 24.5 Å². The molecular weight excluding hydrogens is 568 g/mol. The molecule has 10 heteroatoms. The largest absolute Gasteiger partial charge is 0.387 e. The van der Waals surface area contributed by atoms with Crippen molar-refractivity contribution in [3.63, 3.8) is 0 Å². The van der Waals surface area contributed by atoms with Crippen molar-refractivity contribution in [2.75, 3.05) is 25.6 Å². The highest BCUT2D eigenvalue weighted by Gasteiger charge is 2.44. The van der Waals surface area contributed by atoms with Crippen LogP contribution in [0.4, 0.5) is 5.82 Å². The van der Waals surface area contributed by atoms with Gasteiger partial charge < -0.3 is 30.3 Å². The third kappa shape index (κ3) is 7.05. The van der Waals surface area contributed by atoms with Crippen LogP contribution in [0, 0.1) is 11.8 Å². The minimum Gasteiger partial charge on any atom is -0.387 e. The van der Waals surface area contributed by atoms with E-state index in [4.69, 9.17) is 19.4 Å². The third-order valence-corrected chi connectivity index (χ3v) is 9.55. The number of hydrogen-bond donors (Lipinski definition) is 4. The molecule has 0 amide bonds. The van der Waals surface area contributed by atoms with E-state index in [2.05, 4.69) is 78.0 Å². The van der Waals surface area contributed by atoms with Crippen LogP contribution in [-0.4, -0.2) is 74.3 Å². The van der Waals surface area contributed by atoms with E-state index in [1.54, 1.807) is 18.0 Å². The summed E-state index contributed by atoms with van der Waals surface area (Å²) in [5.74, 6) is 2.85. The van der Waals surface area contributed by atoms with E-state index in [1.807, 2.05) is 12.1 Å². The number of fused-ring (bicyclic) bond motifs is 1. The van der Waals surface area contributed by atoms with E-state index in [9.17, 15) is 10.2 Å². The van der Waals surface area contributed by atoms with Gasteiger partial charge in [0.2, 0.25) is 0 Å². The maximum Gasteiger partial charge on any atom is 0.168 e. The van der Waals surface area contributed by atoms with Crippen molar-refractivity contribution in [2.45, 2.75) is 82.6 Å². The Labute approximate surface area is 265 Å². The van der Waals surface area contributed by atoms with Crippen LogP contribution in [0.15, 0.2) is 67.0 Å². The SMILES string of the molecule is COC[C@H]1O[C@@H](n2cnc3c(NCC(c4ccccc4)c4ccccc4)nc(CN[C@H]4CC[C@@H](C(C)C)CC4)nc32)[C@H](O)[C@@H]1O. The van der Waals surface area contributed by atoms with Crippen LogP contribution in [0.25, 0.3) is 11.2 Å². The van der Waals surface area contributed by atoms with Crippen molar-refractivity contribution in [2.24, 2.45) is 11.8 Å². The molecule has 1 saturated carbocycles. The Morgan fingerprint density at radius 2 is 1.60 bits per heavy atom. The number of aromatic nitrogens is 4. The zero-order valence-corrected chi connectivity index (χ0v) is 26.4. The molecule has 4 aromatic rings. The summed E-state index contributed by atoms with van der Waals surface area (Å²) in [7, 11) is 1.54. The standard InChI is InChI=1S/C35H46N6O4/c1-22(2)23-14-16-26(17-15-23)36-19-29-39-33(37-18-27(24-10-6-4-7-11-24)25-12-8-5-9-13-25)30-34(40-29)41(21-38-30)35-32(43)31(42)28(45-35)20-44-3/h4-13,21-23,26-28,31-32,35-36,42-43H,14-20H2,1-3H3,(H,37,39,40)/t23-,26+,28-,31-,32-,35-/m1/s1. The number of benzene rings is 2. The van der Waals surface area contributed by atoms with E-state index in [1.165, 1.54) is 24.0 Å². The molecule has 0 bridgehead atoms. The van der Waals surface area contributed by atoms with E-state index >= 15 is 0 Å². The van der Waals surface area contributed by atoms with Gasteiger partial charge in [-0.05, 0) is 48.6 Å². The smallest absolute Gasteiger partial charge is 0.168 e. The van der Waals surface area contributed by atoms with Crippen molar-refractivity contribution < 1.29 is 19.7 Å². The molecule has 10 nitrogen and oxygen atoms in total. The Kier molecular flexibility index (Phi) is 10.1. The normalized spacial score (nSPS) is 25.4. The second-order valence-corrected chi connectivity index (χ2v) is 12.8. The zero-order chi connectivity index (χ0) is 31.3. The van der Waals surface area contributed by atoms with Gasteiger partial charge in [0.15, 0.2) is 23.2 Å². The average molecular weight is 615 g/mol. The molecule has 2 fully saturated rings. The zero-order valence-electron chi connectivity index (χ0n) is 26.4. The number of methoxy groups -OCH3 is 1. The molecule has 6 rings (SSSR count). The van der Waals surface area contributed by atoms with Crippen LogP contribution in [0.2, 0.25) is 0 Å². The van der Waals surface area contributed by atoms with Gasteiger partial charge in [-0.15, -0.1) is 0 Å². The van der Waals surface area contributed by atoms with Gasteiger partial charge in [-0.2, -0.15) is 0 Å². The molecule has 1 aliphatic heterocycles. The van der Waals surface area contributed by atoms with Crippen molar-refractivity contribution in [1.29, 1.82) is 0 Å². The number of aliphatic hydroxyl groups is 2. The lowest BCUT2D eigenvalue weighted by Gasteiger charge is -2.31. The molecule has 1 saturated heterocycles. The highest BCUT2D eigenvalue weighted by Crippen LogP contribution is 2.34. The number of rotatable bonds is 12. The summed E-state index contributed by atoms with van der Waals surface area (Å²) in [6, 6.07) is 21.3. The molecule has 45 heavy (non-hydrogen) atoms. The van der Waals surface area contributed by atoms with E-state index in [0.29, 0.717) is 41.9 Å². The number of ether oxygens (including phenoxy) is 2. The summed E-state index contributed by atoms with van der Waals surface area (Å²) in [6.07, 6.45) is 2.59. The number of nitrogens with zero attached hydrogens (tertiary/aromatic N) is 4. The lowest BCUT2D eigenvalue weighted by atomic mass is 9.80. The fraction of sp³-hybridized carbons (Fsp3) is 0.514. The van der Waals surface area contributed by atoms with Gasteiger partial charge in [-0.1, -0.05) is 74.5 Å². The van der Waals surface area contributed by atoms with Gasteiger partial charge in [0, 0.05) is 25.6 Å². The highest BCUT2D eigenvalue weighted by molar-refractivity contribution is 5.83. The molecular formula is C35H46N6O4. The Balaban J connectivity index is 1.29. The van der Waals surface area contributed by atoms with Crippen molar-refractivity contribution in [3.05, 3.63) is 83.9 Å². The summed E-state index contributed by atoms with van der Waals surface area (Å²) in [4.78, 5) is 14.6. The van der Waals surface area contributed by atoms with Gasteiger partial charge in [0.05, 0.1) is 19.5 Å². The molecule has 2 aromatic carbocycles. The molecule has 2 aliphatic rings. The van der Waals surface area contributed by atoms with E-state index in [-0.39, 0.29) is 12.5 Å². The summed E-state index contributed by atoms with van der Waals surface area (Å²) in [6.45, 7) is 5.91. The minimum absolute atomic E-state index is 0.0853. The molecule has 240 valence electrons. The lowest BCUT2D eigenvalue weighted by molar-refractivity contribution is -0.0580. The van der Waals surface area contributed by atoms with Crippen molar-refractivity contribution >= 4 is 17.0 Å². The van der Waals surface area contributed by atoms with Crippen LogP contribution >= 0.6 is 0 Å².